The summed E-state index contributed by atoms with van der Waals surface area (Å²) in [7, 11) is 0. The first-order chi connectivity index (χ1) is 15.4. The largest absolute Gasteiger partial charge is 0.322 e. The van der Waals surface area contributed by atoms with E-state index in [-0.39, 0.29) is 41.2 Å². The van der Waals surface area contributed by atoms with Crippen molar-refractivity contribution in [3.05, 3.63) is 76.4 Å². The topological polar surface area (TPSA) is 110 Å². The van der Waals surface area contributed by atoms with Gasteiger partial charge >= 0.3 is 0 Å². The number of carbonyl (C=O) groups is 3. The van der Waals surface area contributed by atoms with Crippen LogP contribution in [-0.2, 0) is 9.59 Å². The molecule has 0 aromatic heterocycles. The number of non-ortho nitro benzene ring substituents is 1. The van der Waals surface area contributed by atoms with Crippen LogP contribution in [0.5, 0.6) is 0 Å². The van der Waals surface area contributed by atoms with Crippen LogP contribution >= 0.6 is 0 Å². The van der Waals surface area contributed by atoms with E-state index in [2.05, 4.69) is 17.5 Å². The highest BCUT2D eigenvalue weighted by Gasteiger charge is 2.67. The summed E-state index contributed by atoms with van der Waals surface area (Å²) in [5, 5.41) is 13.5. The molecule has 8 heteroatoms. The minimum atomic E-state index is -0.512. The molecule has 2 aromatic carbocycles. The first-order valence-electron chi connectivity index (χ1n) is 10.7. The Balaban J connectivity index is 1.25. The summed E-state index contributed by atoms with van der Waals surface area (Å²) in [6, 6.07) is 12.0. The van der Waals surface area contributed by atoms with E-state index in [1.807, 2.05) is 0 Å². The first-order valence-corrected chi connectivity index (χ1v) is 10.7. The van der Waals surface area contributed by atoms with Crippen molar-refractivity contribution >= 4 is 34.8 Å². The number of allylic oxidation sites excluding steroid dienone is 2. The molecule has 2 saturated carbocycles. The number of benzene rings is 2. The van der Waals surface area contributed by atoms with E-state index < -0.39 is 10.8 Å². The Morgan fingerprint density at radius 1 is 0.969 bits per heavy atom. The molecule has 3 fully saturated rings. The van der Waals surface area contributed by atoms with Crippen molar-refractivity contribution in [2.75, 3.05) is 10.2 Å². The summed E-state index contributed by atoms with van der Waals surface area (Å²) in [5.74, 6) is -0.00760. The molecule has 0 radical (unpaired) electrons. The van der Waals surface area contributed by atoms with E-state index in [1.54, 1.807) is 24.3 Å². The van der Waals surface area contributed by atoms with Gasteiger partial charge in [0.15, 0.2) is 0 Å². The van der Waals surface area contributed by atoms with Gasteiger partial charge in [-0.2, -0.15) is 0 Å². The Morgan fingerprint density at radius 3 is 2.19 bits per heavy atom. The molecule has 4 aliphatic carbocycles. The summed E-state index contributed by atoms with van der Waals surface area (Å²) in [4.78, 5) is 50.8. The normalized spacial score (nSPS) is 31.3. The molecule has 7 rings (SSSR count). The molecule has 0 unspecified atom stereocenters. The summed E-state index contributed by atoms with van der Waals surface area (Å²) >= 11 is 0. The van der Waals surface area contributed by atoms with Crippen LogP contribution in [-0.4, -0.2) is 22.6 Å². The third-order valence-corrected chi connectivity index (χ3v) is 7.37. The Hall–Kier alpha value is -3.81. The Labute approximate surface area is 183 Å². The number of hydrogen-bond acceptors (Lipinski definition) is 5. The number of imide groups is 1. The standard InChI is InChI=1S/C24H19N3O5/c28-22(25-13-4-6-14(7-5-13)27(31)32)12-2-1-3-15(10-12)26-23(29)20-16-8-9-17(19-11-18(16)19)21(20)24(26)30/h1-10,16-21H,11H2,(H,25,28)/t16-,17-,18-,19+,20-,21+/m0/s1. The predicted molar refractivity (Wildman–Crippen MR) is 115 cm³/mol. The summed E-state index contributed by atoms with van der Waals surface area (Å²) in [6.07, 6.45) is 5.36. The van der Waals surface area contributed by atoms with Crippen molar-refractivity contribution in [1.82, 2.24) is 0 Å². The molecule has 160 valence electrons. The maximum atomic E-state index is 13.3. The molecule has 2 bridgehead atoms. The smallest absolute Gasteiger partial charge is 0.269 e. The lowest BCUT2D eigenvalue weighted by molar-refractivity contribution is -0.384. The molecule has 1 heterocycles. The molecule has 8 nitrogen and oxygen atoms in total. The molecular weight excluding hydrogens is 410 g/mol. The molecule has 1 aliphatic heterocycles. The first kappa shape index (κ1) is 18.9. The van der Waals surface area contributed by atoms with Gasteiger partial charge in [-0.3, -0.25) is 24.5 Å². The molecular formula is C24H19N3O5. The van der Waals surface area contributed by atoms with E-state index in [9.17, 15) is 24.5 Å². The zero-order valence-electron chi connectivity index (χ0n) is 16.9. The second kappa shape index (κ2) is 6.59. The van der Waals surface area contributed by atoms with Crippen molar-refractivity contribution in [3.8, 4) is 0 Å². The van der Waals surface area contributed by atoms with E-state index in [4.69, 9.17) is 0 Å². The van der Waals surface area contributed by atoms with E-state index >= 15 is 0 Å². The van der Waals surface area contributed by atoms with Gasteiger partial charge in [0, 0.05) is 23.4 Å². The number of nitro groups is 1. The predicted octanol–water partition coefficient (Wildman–Crippen LogP) is 3.40. The molecule has 6 atom stereocenters. The summed E-state index contributed by atoms with van der Waals surface area (Å²) in [5.41, 5.74) is 1.03. The number of anilines is 2. The number of nitro benzene ring substituents is 1. The zero-order chi connectivity index (χ0) is 22.1. The summed E-state index contributed by atoms with van der Waals surface area (Å²) in [6.45, 7) is 0. The maximum Gasteiger partial charge on any atom is 0.269 e. The molecule has 2 aromatic rings. The van der Waals surface area contributed by atoms with Gasteiger partial charge in [0.2, 0.25) is 11.8 Å². The zero-order valence-corrected chi connectivity index (χ0v) is 16.9. The molecule has 0 spiro atoms. The Kier molecular flexibility index (Phi) is 3.90. The van der Waals surface area contributed by atoms with Gasteiger partial charge in [-0.15, -0.1) is 0 Å². The van der Waals surface area contributed by atoms with Crippen LogP contribution < -0.4 is 10.2 Å². The van der Waals surface area contributed by atoms with E-state index in [0.717, 1.165) is 6.42 Å². The van der Waals surface area contributed by atoms with Crippen molar-refractivity contribution in [2.24, 2.45) is 35.5 Å². The van der Waals surface area contributed by atoms with Gasteiger partial charge in [0.05, 0.1) is 22.4 Å². The van der Waals surface area contributed by atoms with E-state index in [0.29, 0.717) is 28.8 Å². The van der Waals surface area contributed by atoms with Crippen LogP contribution in [0.15, 0.2) is 60.7 Å². The fourth-order valence-corrected chi connectivity index (χ4v) is 5.87. The number of nitrogens with one attached hydrogen (secondary N) is 1. The number of hydrogen-bond donors (Lipinski definition) is 1. The molecule has 1 saturated heterocycles. The SMILES string of the molecule is O=C(Nc1ccc([N+](=O)[O-])cc1)c1cccc(N2C(=O)[C@@H]3[C@H]4C=C[C@@H]([C@@H]5C[C@H]45)[C@@H]3C2=O)c1. The third-order valence-electron chi connectivity index (χ3n) is 7.37. The molecule has 5 aliphatic rings. The van der Waals surface area contributed by atoms with Gasteiger partial charge in [0.1, 0.15) is 0 Å². The minimum Gasteiger partial charge on any atom is -0.322 e. The maximum absolute atomic E-state index is 13.3. The number of nitrogens with zero attached hydrogens (tertiary/aromatic N) is 2. The van der Waals surface area contributed by atoms with Crippen LogP contribution in [0.1, 0.15) is 16.8 Å². The average molecular weight is 429 g/mol. The van der Waals surface area contributed by atoms with Crippen LogP contribution in [0, 0.1) is 45.6 Å². The fraction of sp³-hybridized carbons (Fsp3) is 0.292. The highest BCUT2D eigenvalue weighted by molar-refractivity contribution is 6.23. The fourth-order valence-electron chi connectivity index (χ4n) is 5.87. The van der Waals surface area contributed by atoms with Gasteiger partial charge in [-0.05, 0) is 60.4 Å². The number of amides is 3. The van der Waals surface area contributed by atoms with Crippen molar-refractivity contribution < 1.29 is 19.3 Å². The summed E-state index contributed by atoms with van der Waals surface area (Å²) < 4.78 is 0. The molecule has 3 amide bonds. The second-order valence-corrected chi connectivity index (χ2v) is 8.97. The highest BCUT2D eigenvalue weighted by atomic mass is 16.6. The van der Waals surface area contributed by atoms with Crippen LogP contribution in [0.25, 0.3) is 0 Å². The molecule has 1 N–H and O–H groups in total. The van der Waals surface area contributed by atoms with Crippen LogP contribution in [0.3, 0.4) is 0 Å². The average Bonchev–Trinajstić information content (AvgIpc) is 3.57. The van der Waals surface area contributed by atoms with Crippen molar-refractivity contribution in [2.45, 2.75) is 6.42 Å². The Bertz CT molecular complexity index is 1180. The van der Waals surface area contributed by atoms with Crippen LogP contribution in [0.2, 0.25) is 0 Å². The lowest BCUT2D eigenvalue weighted by atomic mass is 9.63. The van der Waals surface area contributed by atoms with Crippen LogP contribution in [0.4, 0.5) is 17.1 Å². The van der Waals surface area contributed by atoms with Gasteiger partial charge in [0.25, 0.3) is 11.6 Å². The lowest BCUT2D eigenvalue weighted by Gasteiger charge is -2.37. The van der Waals surface area contributed by atoms with Gasteiger partial charge in [-0.1, -0.05) is 18.2 Å². The van der Waals surface area contributed by atoms with Crippen molar-refractivity contribution in [3.63, 3.8) is 0 Å². The highest BCUT2D eigenvalue weighted by Crippen LogP contribution is 2.65. The van der Waals surface area contributed by atoms with Crippen molar-refractivity contribution in [1.29, 1.82) is 0 Å². The number of rotatable bonds is 4. The minimum absolute atomic E-state index is 0.0707. The quantitative estimate of drug-likeness (QED) is 0.347. The monoisotopic (exact) mass is 429 g/mol. The second-order valence-electron chi connectivity index (χ2n) is 8.97. The Morgan fingerprint density at radius 2 is 1.59 bits per heavy atom. The lowest BCUT2D eigenvalue weighted by Crippen LogP contribution is -2.40. The van der Waals surface area contributed by atoms with Gasteiger partial charge < -0.3 is 5.32 Å². The van der Waals surface area contributed by atoms with E-state index in [1.165, 1.54) is 29.2 Å². The van der Waals surface area contributed by atoms with Gasteiger partial charge in [-0.25, -0.2) is 4.90 Å². The third kappa shape index (κ3) is 2.65. The number of carbonyl (C=O) groups excluding carboxylic acids is 3. The molecule has 32 heavy (non-hydrogen) atoms.